The Morgan fingerprint density at radius 3 is 2.65 bits per heavy atom. The number of ether oxygens (including phenoxy) is 2. The second-order valence-electron chi connectivity index (χ2n) is 9.42. The molecule has 5 nitrogen and oxygen atoms in total. The molecule has 1 unspecified atom stereocenters. The smallest absolute Gasteiger partial charge is 0.164 e. The van der Waals surface area contributed by atoms with Crippen molar-refractivity contribution < 1.29 is 13.7 Å². The highest BCUT2D eigenvalue weighted by Gasteiger charge is 2.43. The third-order valence-corrected chi connectivity index (χ3v) is 7.64. The van der Waals surface area contributed by atoms with E-state index in [0.717, 1.165) is 31.8 Å². The zero-order valence-electron chi connectivity index (χ0n) is 18.8. The second kappa shape index (κ2) is 7.89. The number of rotatable bonds is 4. The maximum Gasteiger partial charge on any atom is 0.164 e. The molecular weight excluding hydrogens is 428 g/mol. The summed E-state index contributed by atoms with van der Waals surface area (Å²) in [5, 5.41) is 1.12. The summed E-state index contributed by atoms with van der Waals surface area (Å²) in [5.74, 6) is -0.604. The topological polar surface area (TPSA) is 60.8 Å². The summed E-state index contributed by atoms with van der Waals surface area (Å²) < 4.78 is 29.3. The summed E-state index contributed by atoms with van der Waals surface area (Å²) >= 11 is 1.63. The van der Waals surface area contributed by atoms with Gasteiger partial charge in [-0.25, -0.2) is 4.21 Å². The van der Waals surface area contributed by atoms with Gasteiger partial charge in [0.05, 0.1) is 23.3 Å². The molecule has 0 saturated carbocycles. The van der Waals surface area contributed by atoms with Crippen LogP contribution in [0.3, 0.4) is 0 Å². The summed E-state index contributed by atoms with van der Waals surface area (Å²) in [6.07, 6.45) is 3.54. The Morgan fingerprint density at radius 1 is 1.19 bits per heavy atom. The van der Waals surface area contributed by atoms with Crippen LogP contribution in [0.25, 0.3) is 21.3 Å². The summed E-state index contributed by atoms with van der Waals surface area (Å²) in [5.41, 5.74) is 2.47. The van der Waals surface area contributed by atoms with E-state index in [1.54, 1.807) is 17.6 Å². The Morgan fingerprint density at radius 2 is 1.97 bits per heavy atom. The van der Waals surface area contributed by atoms with Crippen molar-refractivity contribution in [2.45, 2.75) is 57.7 Å². The first kappa shape index (κ1) is 22.3. The molecule has 31 heavy (non-hydrogen) atoms. The van der Waals surface area contributed by atoms with E-state index in [4.69, 9.17) is 9.47 Å². The van der Waals surface area contributed by atoms with Gasteiger partial charge in [-0.05, 0) is 70.7 Å². The minimum atomic E-state index is -1.28. The molecule has 7 heteroatoms. The van der Waals surface area contributed by atoms with Gasteiger partial charge in [0.25, 0.3) is 0 Å². The zero-order valence-corrected chi connectivity index (χ0v) is 20.4. The largest absolute Gasteiger partial charge is 0.347 e. The second-order valence-corrected chi connectivity index (χ2v) is 12.4. The molecule has 2 atom stereocenters. The summed E-state index contributed by atoms with van der Waals surface area (Å²) in [6.45, 7) is 12.2. The van der Waals surface area contributed by atoms with Gasteiger partial charge in [0.2, 0.25) is 0 Å². The Kier molecular flexibility index (Phi) is 5.67. The minimum absolute atomic E-state index is 0.376. The minimum Gasteiger partial charge on any atom is -0.347 e. The lowest BCUT2D eigenvalue weighted by Crippen LogP contribution is -2.28. The molecule has 0 aliphatic carbocycles. The average molecular weight is 457 g/mol. The number of hydrogen-bond donors (Lipinski definition) is 0. The molecule has 0 amide bonds. The van der Waals surface area contributed by atoms with Gasteiger partial charge in [0.1, 0.15) is 16.6 Å². The molecule has 4 rings (SSSR count). The maximum atomic E-state index is 12.3. The number of hydrogen-bond acceptors (Lipinski definition) is 5. The van der Waals surface area contributed by atoms with Crippen molar-refractivity contribution in [3.63, 3.8) is 0 Å². The lowest BCUT2D eigenvalue weighted by molar-refractivity contribution is -0.159. The molecule has 1 aromatic carbocycles. The predicted molar refractivity (Wildman–Crippen MR) is 129 cm³/mol. The maximum absolute atomic E-state index is 12.3. The molecule has 0 spiro atoms. The molecule has 3 heterocycles. The van der Waals surface area contributed by atoms with Crippen LogP contribution < -0.4 is 0 Å². The van der Waals surface area contributed by atoms with E-state index in [0.29, 0.717) is 6.61 Å². The van der Waals surface area contributed by atoms with E-state index < -0.39 is 22.4 Å². The van der Waals surface area contributed by atoms with E-state index in [1.807, 2.05) is 52.9 Å². The van der Waals surface area contributed by atoms with Crippen LogP contribution in [0.2, 0.25) is 0 Å². The molecule has 1 fully saturated rings. The first-order valence-corrected chi connectivity index (χ1v) is 12.2. The molecule has 0 bridgehead atoms. The Hall–Kier alpha value is -1.93. The van der Waals surface area contributed by atoms with Gasteiger partial charge in [0, 0.05) is 21.3 Å². The van der Waals surface area contributed by atoms with Crippen LogP contribution >= 0.6 is 11.3 Å². The number of thiophene rings is 1. The van der Waals surface area contributed by atoms with Gasteiger partial charge in [-0.3, -0.25) is 4.98 Å². The van der Waals surface area contributed by atoms with Crippen LogP contribution in [0.1, 0.15) is 52.0 Å². The summed E-state index contributed by atoms with van der Waals surface area (Å²) in [6, 6.07) is 12.3. The first-order chi connectivity index (χ1) is 14.5. The van der Waals surface area contributed by atoms with Crippen molar-refractivity contribution in [1.29, 1.82) is 0 Å². The number of aromatic nitrogens is 1. The van der Waals surface area contributed by atoms with Crippen LogP contribution in [-0.4, -0.2) is 32.5 Å². The highest BCUT2D eigenvalue weighted by atomic mass is 32.2. The Balaban J connectivity index is 1.70. The molecule has 1 aliphatic heterocycles. The highest BCUT2D eigenvalue weighted by Crippen LogP contribution is 2.40. The molecule has 164 valence electrons. The van der Waals surface area contributed by atoms with Crippen molar-refractivity contribution >= 4 is 38.6 Å². The standard InChI is InChI=1S/C24H28N2O3S2/c1-22(2,3)31(27)26-14-18-12-16-8-7-9-19(21(16)30-18)20-13-17(10-11-25-20)24(6)15-28-23(4,5)29-24/h7-14H,15H2,1-6H3/t24?,31-/m1/s1. The van der Waals surface area contributed by atoms with Crippen molar-refractivity contribution in [2.24, 2.45) is 4.40 Å². The van der Waals surface area contributed by atoms with Crippen molar-refractivity contribution in [3.05, 3.63) is 53.0 Å². The fourth-order valence-electron chi connectivity index (χ4n) is 3.57. The lowest BCUT2D eigenvalue weighted by Gasteiger charge is -2.25. The van der Waals surface area contributed by atoms with Gasteiger partial charge < -0.3 is 9.47 Å². The van der Waals surface area contributed by atoms with E-state index in [9.17, 15) is 4.21 Å². The molecule has 0 N–H and O–H groups in total. The number of benzene rings is 1. The van der Waals surface area contributed by atoms with Gasteiger partial charge in [0.15, 0.2) is 5.79 Å². The Labute approximate surface area is 190 Å². The van der Waals surface area contributed by atoms with E-state index >= 15 is 0 Å². The summed E-state index contributed by atoms with van der Waals surface area (Å²) in [7, 11) is -1.28. The van der Waals surface area contributed by atoms with Crippen molar-refractivity contribution in [3.8, 4) is 11.3 Å². The molecule has 1 aliphatic rings. The summed E-state index contributed by atoms with van der Waals surface area (Å²) in [4.78, 5) is 5.61. The lowest BCUT2D eigenvalue weighted by atomic mass is 9.96. The fraction of sp³-hybridized carbons (Fsp3) is 0.417. The van der Waals surface area contributed by atoms with Crippen molar-refractivity contribution in [2.75, 3.05) is 6.61 Å². The number of pyridine rings is 1. The van der Waals surface area contributed by atoms with E-state index in [1.165, 1.54) is 0 Å². The normalized spacial score (nSPS) is 22.4. The molecule has 1 saturated heterocycles. The molecule has 2 aromatic heterocycles. The quantitative estimate of drug-likeness (QED) is 0.463. The van der Waals surface area contributed by atoms with Crippen LogP contribution in [0.4, 0.5) is 0 Å². The van der Waals surface area contributed by atoms with Crippen molar-refractivity contribution in [1.82, 2.24) is 4.98 Å². The van der Waals surface area contributed by atoms with E-state index in [2.05, 4.69) is 40.6 Å². The zero-order chi connectivity index (χ0) is 22.4. The van der Waals surface area contributed by atoms with E-state index in [-0.39, 0.29) is 4.75 Å². The van der Waals surface area contributed by atoms with Crippen LogP contribution in [-0.2, 0) is 26.1 Å². The third kappa shape index (κ3) is 4.65. The average Bonchev–Trinajstić information content (AvgIpc) is 3.25. The third-order valence-electron chi connectivity index (χ3n) is 5.18. The first-order valence-electron chi connectivity index (χ1n) is 10.3. The highest BCUT2D eigenvalue weighted by molar-refractivity contribution is 7.85. The molecular formula is C24H28N2O3S2. The fourth-order valence-corrected chi connectivity index (χ4v) is 5.21. The number of nitrogens with zero attached hydrogens (tertiary/aromatic N) is 2. The monoisotopic (exact) mass is 456 g/mol. The SMILES string of the molecule is CC1(C)OCC(C)(c2ccnc(-c3cccc4cc(C=N[S@](=O)C(C)(C)C)sc34)c2)O1. The van der Waals surface area contributed by atoms with Gasteiger partial charge >= 0.3 is 0 Å². The van der Waals surface area contributed by atoms with Gasteiger partial charge in [-0.15, -0.1) is 11.3 Å². The van der Waals surface area contributed by atoms with Crippen LogP contribution in [0.5, 0.6) is 0 Å². The van der Waals surface area contributed by atoms with Crippen LogP contribution in [0.15, 0.2) is 47.0 Å². The molecule has 0 radical (unpaired) electrons. The predicted octanol–water partition coefficient (Wildman–Crippen LogP) is 5.84. The number of fused-ring (bicyclic) bond motifs is 1. The van der Waals surface area contributed by atoms with Crippen LogP contribution in [0, 0.1) is 0 Å². The Bertz CT molecular complexity index is 1180. The van der Waals surface area contributed by atoms with Gasteiger partial charge in [-0.1, -0.05) is 18.2 Å². The van der Waals surface area contributed by atoms with Gasteiger partial charge in [-0.2, -0.15) is 4.40 Å². The molecule has 3 aromatic rings.